The minimum atomic E-state index is -0.363. The van der Waals surface area contributed by atoms with Gasteiger partial charge in [-0.1, -0.05) is 13.5 Å². The van der Waals surface area contributed by atoms with Crippen LogP contribution in [0, 0.1) is 0 Å². The Morgan fingerprint density at radius 3 is 2.06 bits per heavy atom. The van der Waals surface area contributed by atoms with Crippen molar-refractivity contribution in [1.29, 1.82) is 0 Å². The molecule has 0 bridgehead atoms. The van der Waals surface area contributed by atoms with Crippen LogP contribution in [0.15, 0.2) is 18.3 Å². The van der Waals surface area contributed by atoms with Crippen LogP contribution in [-0.2, 0) is 9.31 Å². The number of rotatable bonds is 1. The number of anilines is 1. The maximum Gasteiger partial charge on any atom is 0.496 e. The Morgan fingerprint density at radius 2 is 1.65 bits per heavy atom. The Morgan fingerprint density at radius 1 is 1.12 bits per heavy atom. The number of nitrogen functional groups attached to an aromatic ring is 1. The molecule has 2 rings (SSSR count). The fraction of sp³-hybridized carbons (Fsp3) is 0.583. The highest BCUT2D eigenvalue weighted by molar-refractivity contribution is 6.62. The van der Waals surface area contributed by atoms with Gasteiger partial charge >= 0.3 is 7.12 Å². The summed E-state index contributed by atoms with van der Waals surface area (Å²) < 4.78 is 11.8. The Balaban J connectivity index is 0.00000144. The van der Waals surface area contributed by atoms with E-state index >= 15 is 0 Å². The minimum absolute atomic E-state index is 0. The molecule has 0 spiro atoms. The first-order chi connectivity index (χ1) is 7.32. The molecule has 1 aromatic rings. The monoisotopic (exact) mass is 236 g/mol. The molecule has 1 fully saturated rings. The van der Waals surface area contributed by atoms with Crippen molar-refractivity contribution in [2.24, 2.45) is 0 Å². The second-order valence-electron chi connectivity index (χ2n) is 5.10. The number of hydrogen-bond donors (Lipinski definition) is 1. The first kappa shape index (κ1) is 14.0. The van der Waals surface area contributed by atoms with E-state index < -0.39 is 0 Å². The molecule has 1 aliphatic heterocycles. The Bertz CT molecular complexity index is 374. The van der Waals surface area contributed by atoms with Crippen molar-refractivity contribution >= 4 is 18.4 Å². The molecule has 5 heteroatoms. The summed E-state index contributed by atoms with van der Waals surface area (Å²) in [6.07, 6.45) is 1.69. The predicted octanol–water partition coefficient (Wildman–Crippen LogP) is 1.60. The maximum atomic E-state index is 5.89. The van der Waals surface area contributed by atoms with Crippen LogP contribution in [0.25, 0.3) is 0 Å². The van der Waals surface area contributed by atoms with E-state index in [1.165, 1.54) is 0 Å². The van der Waals surface area contributed by atoms with Crippen molar-refractivity contribution in [3.63, 3.8) is 0 Å². The number of aromatic nitrogens is 1. The highest BCUT2D eigenvalue weighted by Crippen LogP contribution is 2.36. The van der Waals surface area contributed by atoms with Gasteiger partial charge in [-0.3, -0.25) is 0 Å². The molecule has 0 radical (unpaired) electrons. The summed E-state index contributed by atoms with van der Waals surface area (Å²) in [6, 6.07) is 3.63. The van der Waals surface area contributed by atoms with Crippen molar-refractivity contribution in [2.45, 2.75) is 46.3 Å². The van der Waals surface area contributed by atoms with Gasteiger partial charge in [0.05, 0.1) is 11.2 Å². The quantitative estimate of drug-likeness (QED) is 0.752. The molecule has 0 saturated carbocycles. The van der Waals surface area contributed by atoms with Gasteiger partial charge in [0.15, 0.2) is 0 Å². The van der Waals surface area contributed by atoms with Crippen molar-refractivity contribution in [1.82, 2.24) is 4.98 Å². The van der Waals surface area contributed by atoms with Crippen LogP contribution in [0.5, 0.6) is 0 Å². The van der Waals surface area contributed by atoms with E-state index in [1.807, 2.05) is 33.8 Å². The lowest BCUT2D eigenvalue weighted by molar-refractivity contribution is 0.00578. The summed E-state index contributed by atoms with van der Waals surface area (Å²) in [5.74, 6) is 0.500. The smallest absolute Gasteiger partial charge is 0.399 e. The second kappa shape index (κ2) is 4.31. The maximum absolute atomic E-state index is 5.89. The Hall–Kier alpha value is -1.07. The fourth-order valence-corrected chi connectivity index (χ4v) is 1.54. The van der Waals surface area contributed by atoms with Gasteiger partial charge in [0.1, 0.15) is 5.82 Å². The van der Waals surface area contributed by atoms with E-state index in [0.29, 0.717) is 5.82 Å². The molecule has 0 atom stereocenters. The number of pyridine rings is 1. The SMILES string of the molecule is C.CC1(C)OB(c2ccc(N)nc2)OC1(C)C. The summed E-state index contributed by atoms with van der Waals surface area (Å²) >= 11 is 0. The van der Waals surface area contributed by atoms with Gasteiger partial charge in [-0.25, -0.2) is 4.98 Å². The third-order valence-corrected chi connectivity index (χ3v) is 3.33. The van der Waals surface area contributed by atoms with Gasteiger partial charge in [0, 0.05) is 11.7 Å². The molecule has 1 aromatic heterocycles. The average Bonchev–Trinajstić information content (AvgIpc) is 2.37. The van der Waals surface area contributed by atoms with Crippen LogP contribution in [0.2, 0.25) is 0 Å². The lowest BCUT2D eigenvalue weighted by Crippen LogP contribution is -2.41. The summed E-state index contributed by atoms with van der Waals surface area (Å²) in [7, 11) is -0.363. The number of nitrogens with zero attached hydrogens (tertiary/aromatic N) is 1. The summed E-state index contributed by atoms with van der Waals surface area (Å²) in [6.45, 7) is 8.10. The molecule has 2 heterocycles. The molecule has 0 aliphatic carbocycles. The first-order valence-electron chi connectivity index (χ1n) is 5.39. The first-order valence-corrected chi connectivity index (χ1v) is 5.39. The van der Waals surface area contributed by atoms with Crippen LogP contribution < -0.4 is 11.2 Å². The molecule has 94 valence electrons. The molecule has 4 nitrogen and oxygen atoms in total. The van der Waals surface area contributed by atoms with E-state index in [0.717, 1.165) is 5.46 Å². The second-order valence-corrected chi connectivity index (χ2v) is 5.10. The van der Waals surface area contributed by atoms with Gasteiger partial charge in [0.2, 0.25) is 0 Å². The molecule has 1 saturated heterocycles. The van der Waals surface area contributed by atoms with Gasteiger partial charge in [-0.2, -0.15) is 0 Å². The van der Waals surface area contributed by atoms with Gasteiger partial charge in [-0.15, -0.1) is 0 Å². The van der Waals surface area contributed by atoms with Crippen LogP contribution in [0.1, 0.15) is 35.1 Å². The Kier molecular flexibility index (Phi) is 3.55. The molecule has 0 aromatic carbocycles. The minimum Gasteiger partial charge on any atom is -0.399 e. The third-order valence-electron chi connectivity index (χ3n) is 3.33. The Labute approximate surface area is 104 Å². The van der Waals surface area contributed by atoms with Crippen LogP contribution >= 0.6 is 0 Å². The zero-order chi connectivity index (χ0) is 12.0. The molecule has 0 amide bonds. The molecule has 2 N–H and O–H groups in total. The van der Waals surface area contributed by atoms with E-state index in [9.17, 15) is 0 Å². The topological polar surface area (TPSA) is 57.4 Å². The zero-order valence-electron chi connectivity index (χ0n) is 10.2. The lowest BCUT2D eigenvalue weighted by atomic mass is 9.80. The average molecular weight is 236 g/mol. The van der Waals surface area contributed by atoms with Crippen LogP contribution in [0.4, 0.5) is 5.82 Å². The van der Waals surface area contributed by atoms with Gasteiger partial charge in [-0.05, 0) is 33.8 Å². The van der Waals surface area contributed by atoms with Crippen molar-refractivity contribution in [3.05, 3.63) is 18.3 Å². The van der Waals surface area contributed by atoms with Crippen molar-refractivity contribution in [2.75, 3.05) is 5.73 Å². The highest BCUT2D eigenvalue weighted by atomic mass is 16.7. The standard InChI is InChI=1S/C11H17BN2O2.CH4/c1-10(2)11(3,4)16-12(15-10)8-5-6-9(13)14-7-8;/h5-7H,1-4H3,(H2,13,14);1H4. The largest absolute Gasteiger partial charge is 0.496 e. The van der Waals surface area contributed by atoms with E-state index in [-0.39, 0.29) is 25.7 Å². The van der Waals surface area contributed by atoms with Gasteiger partial charge < -0.3 is 15.0 Å². The predicted molar refractivity (Wildman–Crippen MR) is 71.1 cm³/mol. The third kappa shape index (κ3) is 2.45. The number of nitrogens with two attached hydrogens (primary N) is 1. The van der Waals surface area contributed by atoms with Crippen LogP contribution in [-0.4, -0.2) is 23.3 Å². The summed E-state index contributed by atoms with van der Waals surface area (Å²) in [5.41, 5.74) is 5.79. The fourth-order valence-electron chi connectivity index (χ4n) is 1.54. The lowest BCUT2D eigenvalue weighted by Gasteiger charge is -2.32. The zero-order valence-corrected chi connectivity index (χ0v) is 10.2. The van der Waals surface area contributed by atoms with Crippen molar-refractivity contribution in [3.8, 4) is 0 Å². The van der Waals surface area contributed by atoms with E-state index in [4.69, 9.17) is 15.0 Å². The molecular formula is C12H21BN2O2. The molecule has 0 unspecified atom stereocenters. The van der Waals surface area contributed by atoms with Gasteiger partial charge in [0.25, 0.3) is 0 Å². The van der Waals surface area contributed by atoms with E-state index in [2.05, 4.69) is 4.98 Å². The summed E-state index contributed by atoms with van der Waals surface area (Å²) in [4.78, 5) is 4.04. The molecule has 17 heavy (non-hydrogen) atoms. The van der Waals surface area contributed by atoms with E-state index in [1.54, 1.807) is 12.3 Å². The number of hydrogen-bond acceptors (Lipinski definition) is 4. The molecular weight excluding hydrogens is 215 g/mol. The van der Waals surface area contributed by atoms with Crippen molar-refractivity contribution < 1.29 is 9.31 Å². The molecule has 1 aliphatic rings. The normalized spacial score (nSPS) is 21.1. The summed E-state index contributed by atoms with van der Waals surface area (Å²) in [5, 5.41) is 0. The van der Waals surface area contributed by atoms with Crippen LogP contribution in [0.3, 0.4) is 0 Å². The highest BCUT2D eigenvalue weighted by Gasteiger charge is 2.51.